The summed E-state index contributed by atoms with van der Waals surface area (Å²) in [6.07, 6.45) is 1.71. The number of benzene rings is 1. The summed E-state index contributed by atoms with van der Waals surface area (Å²) in [7, 11) is 0. The number of aliphatic hydroxyl groups is 1. The maximum atomic E-state index is 10.1. The van der Waals surface area contributed by atoms with E-state index in [2.05, 4.69) is 31.3 Å². The van der Waals surface area contributed by atoms with E-state index in [1.54, 1.807) is 18.0 Å². The summed E-state index contributed by atoms with van der Waals surface area (Å²) in [6.45, 7) is 6.21. The van der Waals surface area contributed by atoms with Crippen molar-refractivity contribution >= 4 is 11.8 Å². The Morgan fingerprint density at radius 3 is 2.48 bits per heavy atom. The van der Waals surface area contributed by atoms with Crippen LogP contribution < -0.4 is 5.32 Å². The molecule has 1 heterocycles. The summed E-state index contributed by atoms with van der Waals surface area (Å²) in [5.74, 6) is 1.66. The third-order valence-electron chi connectivity index (χ3n) is 3.45. The van der Waals surface area contributed by atoms with Crippen LogP contribution >= 0.6 is 11.8 Å². The van der Waals surface area contributed by atoms with Crippen molar-refractivity contribution in [3.05, 3.63) is 54.0 Å². The average Bonchev–Trinajstić information content (AvgIpc) is 2.89. The standard InChI is InChI=1S/C17H23NO2S/c1-13(2)18-17(11-19,15-7-5-4-6-8-15)12-21-16-9-10-20-14(16)3/h4-10,13,18-19H,11-12H2,1-3H3. The van der Waals surface area contributed by atoms with Crippen LogP contribution in [0.1, 0.15) is 25.2 Å². The Hall–Kier alpha value is -1.23. The van der Waals surface area contributed by atoms with Crippen molar-refractivity contribution in [1.29, 1.82) is 0 Å². The molecule has 0 aliphatic carbocycles. The van der Waals surface area contributed by atoms with Crippen molar-refractivity contribution in [3.63, 3.8) is 0 Å². The first-order chi connectivity index (χ1) is 10.1. The highest BCUT2D eigenvalue weighted by atomic mass is 32.2. The van der Waals surface area contributed by atoms with Crippen molar-refractivity contribution in [2.75, 3.05) is 12.4 Å². The number of rotatable bonds is 7. The van der Waals surface area contributed by atoms with Crippen LogP contribution in [0.2, 0.25) is 0 Å². The Balaban J connectivity index is 2.25. The minimum absolute atomic E-state index is 0.0547. The molecule has 21 heavy (non-hydrogen) atoms. The predicted octanol–water partition coefficient (Wildman–Crippen LogP) is 3.57. The van der Waals surface area contributed by atoms with Crippen LogP contribution in [0.25, 0.3) is 0 Å². The van der Waals surface area contributed by atoms with Crippen LogP contribution in [-0.2, 0) is 5.54 Å². The van der Waals surface area contributed by atoms with Crippen LogP contribution in [0.15, 0.2) is 52.0 Å². The van der Waals surface area contributed by atoms with Crippen molar-refractivity contribution in [2.45, 2.75) is 37.2 Å². The third kappa shape index (κ3) is 3.90. The van der Waals surface area contributed by atoms with Gasteiger partial charge >= 0.3 is 0 Å². The van der Waals surface area contributed by atoms with E-state index < -0.39 is 5.54 Å². The summed E-state index contributed by atoms with van der Waals surface area (Å²) < 4.78 is 5.35. The van der Waals surface area contributed by atoms with Gasteiger partial charge in [0, 0.05) is 16.7 Å². The monoisotopic (exact) mass is 305 g/mol. The first-order valence-corrected chi connectivity index (χ1v) is 8.17. The Bertz CT molecular complexity index is 553. The van der Waals surface area contributed by atoms with E-state index in [1.165, 1.54) is 0 Å². The molecule has 0 fully saturated rings. The fraction of sp³-hybridized carbons (Fsp3) is 0.412. The molecule has 2 N–H and O–H groups in total. The maximum absolute atomic E-state index is 10.1. The van der Waals surface area contributed by atoms with Crippen molar-refractivity contribution in [3.8, 4) is 0 Å². The first-order valence-electron chi connectivity index (χ1n) is 7.18. The number of thioether (sulfide) groups is 1. The smallest absolute Gasteiger partial charge is 0.114 e. The summed E-state index contributed by atoms with van der Waals surface area (Å²) in [5.41, 5.74) is 0.652. The zero-order chi connectivity index (χ0) is 15.3. The molecule has 0 aliphatic rings. The van der Waals surface area contributed by atoms with Crippen molar-refractivity contribution < 1.29 is 9.52 Å². The highest BCUT2D eigenvalue weighted by molar-refractivity contribution is 7.99. The molecule has 1 aromatic heterocycles. The summed E-state index contributed by atoms with van der Waals surface area (Å²) in [6, 6.07) is 12.4. The molecule has 0 spiro atoms. The molecule has 0 bridgehead atoms. The molecule has 0 saturated heterocycles. The van der Waals surface area contributed by atoms with Crippen LogP contribution in [0, 0.1) is 6.92 Å². The largest absolute Gasteiger partial charge is 0.468 e. The molecule has 0 radical (unpaired) electrons. The van der Waals surface area contributed by atoms with Gasteiger partial charge in [-0.2, -0.15) is 0 Å². The second kappa shape index (κ2) is 7.16. The van der Waals surface area contributed by atoms with Gasteiger partial charge in [0.15, 0.2) is 0 Å². The van der Waals surface area contributed by atoms with E-state index in [1.807, 2.05) is 31.2 Å². The van der Waals surface area contributed by atoms with Gasteiger partial charge < -0.3 is 14.8 Å². The lowest BCUT2D eigenvalue weighted by molar-refractivity contribution is 0.170. The lowest BCUT2D eigenvalue weighted by Gasteiger charge is -2.35. The fourth-order valence-electron chi connectivity index (χ4n) is 2.42. The molecule has 4 heteroatoms. The zero-order valence-corrected chi connectivity index (χ0v) is 13.6. The van der Waals surface area contributed by atoms with Crippen molar-refractivity contribution in [2.24, 2.45) is 0 Å². The molecule has 1 unspecified atom stereocenters. The van der Waals surface area contributed by atoms with E-state index in [9.17, 15) is 5.11 Å². The van der Waals surface area contributed by atoms with Gasteiger partial charge in [-0.15, -0.1) is 11.8 Å². The normalized spacial score (nSPS) is 14.3. The Morgan fingerprint density at radius 1 is 1.24 bits per heavy atom. The lowest BCUT2D eigenvalue weighted by atomic mass is 9.92. The second-order valence-electron chi connectivity index (χ2n) is 5.53. The Kier molecular flexibility index (Phi) is 5.51. The fourth-order valence-corrected chi connectivity index (χ4v) is 3.57. The highest BCUT2D eigenvalue weighted by Gasteiger charge is 2.32. The second-order valence-corrected chi connectivity index (χ2v) is 6.55. The summed E-state index contributed by atoms with van der Waals surface area (Å²) in [4.78, 5) is 1.12. The first kappa shape index (κ1) is 16.1. The molecule has 0 aliphatic heterocycles. The quantitative estimate of drug-likeness (QED) is 0.768. The Morgan fingerprint density at radius 2 is 1.95 bits per heavy atom. The average molecular weight is 305 g/mol. The van der Waals surface area contributed by atoms with Gasteiger partial charge in [-0.25, -0.2) is 0 Å². The number of hydrogen-bond donors (Lipinski definition) is 2. The lowest BCUT2D eigenvalue weighted by Crippen LogP contribution is -2.50. The van der Waals surface area contributed by atoms with Crippen molar-refractivity contribution in [1.82, 2.24) is 5.32 Å². The molecule has 3 nitrogen and oxygen atoms in total. The van der Waals surface area contributed by atoms with Gasteiger partial charge in [-0.3, -0.25) is 0 Å². The van der Waals surface area contributed by atoms with Gasteiger partial charge in [0.2, 0.25) is 0 Å². The molecule has 114 valence electrons. The van der Waals surface area contributed by atoms with Gasteiger partial charge in [0.1, 0.15) is 5.76 Å². The van der Waals surface area contributed by atoms with Crippen LogP contribution in [0.5, 0.6) is 0 Å². The molecule has 2 aromatic rings. The SMILES string of the molecule is Cc1occc1SCC(CO)(NC(C)C)c1ccccc1. The number of hydrogen-bond acceptors (Lipinski definition) is 4. The van der Waals surface area contributed by atoms with E-state index in [0.717, 1.165) is 22.0 Å². The number of aryl methyl sites for hydroxylation is 1. The molecule has 1 aromatic carbocycles. The molecular weight excluding hydrogens is 282 g/mol. The van der Waals surface area contributed by atoms with Gasteiger partial charge in [0.25, 0.3) is 0 Å². The molecule has 0 amide bonds. The van der Waals surface area contributed by atoms with E-state index >= 15 is 0 Å². The molecule has 0 saturated carbocycles. The molecule has 1 atom stereocenters. The van der Waals surface area contributed by atoms with Gasteiger partial charge in [-0.05, 0) is 32.4 Å². The van der Waals surface area contributed by atoms with Crippen LogP contribution in [0.3, 0.4) is 0 Å². The van der Waals surface area contributed by atoms with E-state index in [0.29, 0.717) is 0 Å². The van der Waals surface area contributed by atoms with Gasteiger partial charge in [-0.1, -0.05) is 30.3 Å². The number of nitrogens with one attached hydrogen (secondary N) is 1. The van der Waals surface area contributed by atoms with Crippen LogP contribution in [-0.4, -0.2) is 23.5 Å². The minimum Gasteiger partial charge on any atom is -0.468 e. The molecular formula is C17H23NO2S. The van der Waals surface area contributed by atoms with Crippen LogP contribution in [0.4, 0.5) is 0 Å². The summed E-state index contributed by atoms with van der Waals surface area (Å²) in [5, 5.41) is 13.6. The van der Waals surface area contributed by atoms with E-state index in [-0.39, 0.29) is 12.6 Å². The van der Waals surface area contributed by atoms with E-state index in [4.69, 9.17) is 4.42 Å². The number of furan rings is 1. The Labute approximate surface area is 130 Å². The zero-order valence-electron chi connectivity index (χ0n) is 12.8. The third-order valence-corrected chi connectivity index (χ3v) is 4.82. The predicted molar refractivity (Wildman–Crippen MR) is 87.6 cm³/mol. The summed E-state index contributed by atoms with van der Waals surface area (Å²) >= 11 is 1.71. The number of aliphatic hydroxyl groups excluding tert-OH is 1. The van der Waals surface area contributed by atoms with Gasteiger partial charge in [0.05, 0.1) is 18.4 Å². The molecule has 2 rings (SSSR count). The highest BCUT2D eigenvalue weighted by Crippen LogP contribution is 2.32. The maximum Gasteiger partial charge on any atom is 0.114 e. The topological polar surface area (TPSA) is 45.4 Å². The minimum atomic E-state index is -0.455.